The van der Waals surface area contributed by atoms with Gasteiger partial charge in [0.25, 0.3) is 0 Å². The van der Waals surface area contributed by atoms with Crippen molar-refractivity contribution in [3.05, 3.63) is 66.1 Å². The number of likely N-dealkylation sites (tertiary alicyclic amines) is 2. The molecule has 2 saturated heterocycles. The summed E-state index contributed by atoms with van der Waals surface area (Å²) in [7, 11) is 1.64. The van der Waals surface area contributed by atoms with E-state index >= 15 is 0 Å². The van der Waals surface area contributed by atoms with E-state index in [0.29, 0.717) is 30.1 Å². The predicted molar refractivity (Wildman–Crippen MR) is 134 cm³/mol. The predicted octanol–water partition coefficient (Wildman–Crippen LogP) is 4.44. The molecule has 0 bridgehead atoms. The molecule has 2 aliphatic heterocycles. The number of hydrogen-bond acceptors (Lipinski definition) is 6. The lowest BCUT2D eigenvalue weighted by Gasteiger charge is -2.37. The number of nitrogens with zero attached hydrogens (tertiary/aromatic N) is 4. The van der Waals surface area contributed by atoms with Crippen molar-refractivity contribution >= 4 is 5.91 Å². The normalized spacial score (nSPS) is 19.6. The third-order valence-electron chi connectivity index (χ3n) is 7.32. The standard InChI is InChI=1S/C28H34N4O3/c1-34-25-11-9-23(10-12-25)27-29-26(35-30-27)20-31-15-5-8-24(19-31)28(33)32-16-13-22(14-17-32)18-21-6-3-2-4-7-21/h2-4,6-7,9-12,22,24H,5,8,13-20H2,1H3. The zero-order valence-electron chi connectivity index (χ0n) is 20.4. The minimum atomic E-state index is 0.0541. The number of carbonyl (C=O) groups excluding carboxylic acids is 1. The first-order valence-electron chi connectivity index (χ1n) is 12.7. The molecule has 7 nitrogen and oxygen atoms in total. The summed E-state index contributed by atoms with van der Waals surface area (Å²) in [5.41, 5.74) is 2.29. The summed E-state index contributed by atoms with van der Waals surface area (Å²) < 4.78 is 10.7. The van der Waals surface area contributed by atoms with Gasteiger partial charge in [-0.1, -0.05) is 35.5 Å². The zero-order chi connectivity index (χ0) is 24.0. The molecule has 1 aromatic heterocycles. The summed E-state index contributed by atoms with van der Waals surface area (Å²) >= 11 is 0. The number of amides is 1. The Morgan fingerprint density at radius 3 is 2.54 bits per heavy atom. The number of methoxy groups -OCH3 is 1. The van der Waals surface area contributed by atoms with Crippen molar-refractivity contribution in [2.24, 2.45) is 11.8 Å². The fraction of sp³-hybridized carbons (Fsp3) is 0.464. The minimum absolute atomic E-state index is 0.0541. The highest BCUT2D eigenvalue weighted by atomic mass is 16.5. The van der Waals surface area contributed by atoms with Gasteiger partial charge in [-0.25, -0.2) is 0 Å². The monoisotopic (exact) mass is 474 g/mol. The molecule has 0 spiro atoms. The fourth-order valence-electron chi connectivity index (χ4n) is 5.33. The summed E-state index contributed by atoms with van der Waals surface area (Å²) in [6, 6.07) is 18.3. The first-order valence-corrected chi connectivity index (χ1v) is 12.7. The Hall–Kier alpha value is -3.19. The molecule has 2 fully saturated rings. The molecule has 1 atom stereocenters. The lowest BCUT2D eigenvalue weighted by Crippen LogP contribution is -2.47. The van der Waals surface area contributed by atoms with Crippen LogP contribution in [-0.2, 0) is 17.8 Å². The summed E-state index contributed by atoms with van der Waals surface area (Å²) in [4.78, 5) is 22.3. The Morgan fingerprint density at radius 1 is 1.03 bits per heavy atom. The van der Waals surface area contributed by atoms with E-state index in [2.05, 4.69) is 50.3 Å². The number of piperidine rings is 2. The maximum absolute atomic E-state index is 13.3. The molecular weight excluding hydrogens is 440 g/mol. The maximum atomic E-state index is 13.3. The topological polar surface area (TPSA) is 71.7 Å². The molecule has 35 heavy (non-hydrogen) atoms. The average Bonchev–Trinajstić information content (AvgIpc) is 3.38. The van der Waals surface area contributed by atoms with Crippen molar-refractivity contribution in [3.8, 4) is 17.1 Å². The highest BCUT2D eigenvalue weighted by Gasteiger charge is 2.32. The molecule has 3 heterocycles. The third kappa shape index (κ3) is 5.90. The van der Waals surface area contributed by atoms with Crippen LogP contribution in [-0.4, -0.2) is 59.1 Å². The average molecular weight is 475 g/mol. The third-order valence-corrected chi connectivity index (χ3v) is 7.32. The van der Waals surface area contributed by atoms with Crippen LogP contribution in [0.1, 0.15) is 37.1 Å². The lowest BCUT2D eigenvalue weighted by atomic mass is 9.89. The van der Waals surface area contributed by atoms with Gasteiger partial charge in [0.2, 0.25) is 17.6 Å². The van der Waals surface area contributed by atoms with Crippen LogP contribution in [0.3, 0.4) is 0 Å². The van der Waals surface area contributed by atoms with Crippen LogP contribution in [0.25, 0.3) is 11.4 Å². The second kappa shape index (κ2) is 11.0. The molecule has 5 rings (SSSR count). The van der Waals surface area contributed by atoms with Crippen molar-refractivity contribution in [1.82, 2.24) is 19.9 Å². The van der Waals surface area contributed by atoms with Gasteiger partial charge < -0.3 is 14.2 Å². The van der Waals surface area contributed by atoms with Crippen molar-refractivity contribution in [2.45, 2.75) is 38.6 Å². The second-order valence-corrected chi connectivity index (χ2v) is 9.77. The van der Waals surface area contributed by atoms with Gasteiger partial charge in [-0.05, 0) is 74.4 Å². The Kier molecular flexibility index (Phi) is 7.42. The first-order chi connectivity index (χ1) is 17.2. The molecular formula is C28H34N4O3. The molecule has 184 valence electrons. The van der Waals surface area contributed by atoms with Gasteiger partial charge in [0.15, 0.2) is 0 Å². The number of hydrogen-bond donors (Lipinski definition) is 0. The van der Waals surface area contributed by atoms with Crippen molar-refractivity contribution < 1.29 is 14.1 Å². The number of carbonyl (C=O) groups is 1. The van der Waals surface area contributed by atoms with Crippen LogP contribution in [0.15, 0.2) is 59.1 Å². The van der Waals surface area contributed by atoms with Crippen LogP contribution in [0.2, 0.25) is 0 Å². The van der Waals surface area contributed by atoms with Gasteiger partial charge in [0.1, 0.15) is 5.75 Å². The quantitative estimate of drug-likeness (QED) is 0.504. The molecule has 0 saturated carbocycles. The van der Waals surface area contributed by atoms with E-state index in [4.69, 9.17) is 9.26 Å². The number of aromatic nitrogens is 2. The molecule has 3 aromatic rings. The molecule has 7 heteroatoms. The van der Waals surface area contributed by atoms with E-state index in [1.54, 1.807) is 7.11 Å². The smallest absolute Gasteiger partial charge is 0.241 e. The Morgan fingerprint density at radius 2 is 1.80 bits per heavy atom. The summed E-state index contributed by atoms with van der Waals surface area (Å²) in [6.45, 7) is 4.03. The lowest BCUT2D eigenvalue weighted by molar-refractivity contribution is -0.138. The first kappa shape index (κ1) is 23.5. The van der Waals surface area contributed by atoms with Gasteiger partial charge in [-0.2, -0.15) is 4.98 Å². The van der Waals surface area contributed by atoms with Crippen LogP contribution in [0.4, 0.5) is 0 Å². The van der Waals surface area contributed by atoms with Crippen LogP contribution in [0.5, 0.6) is 5.75 Å². The molecule has 2 aromatic carbocycles. The van der Waals surface area contributed by atoms with E-state index in [1.807, 2.05) is 24.3 Å². The highest BCUT2D eigenvalue weighted by Crippen LogP contribution is 2.26. The number of ether oxygens (including phenoxy) is 1. The van der Waals surface area contributed by atoms with Gasteiger partial charge in [0, 0.05) is 25.2 Å². The van der Waals surface area contributed by atoms with Crippen LogP contribution < -0.4 is 4.74 Å². The Balaban J connectivity index is 1.12. The maximum Gasteiger partial charge on any atom is 0.241 e. The summed E-state index contributed by atoms with van der Waals surface area (Å²) in [5, 5.41) is 4.14. The largest absolute Gasteiger partial charge is 0.497 e. The molecule has 0 radical (unpaired) electrons. The Labute approximate surface area is 207 Å². The Bertz CT molecular complexity index is 1090. The van der Waals surface area contributed by atoms with Crippen LogP contribution >= 0.6 is 0 Å². The van der Waals surface area contributed by atoms with E-state index in [-0.39, 0.29) is 5.92 Å². The SMILES string of the molecule is COc1ccc(-c2noc(CN3CCCC(C(=O)N4CCC(Cc5ccccc5)CC4)C3)n2)cc1. The van der Waals surface area contributed by atoms with E-state index in [9.17, 15) is 4.79 Å². The molecule has 2 aliphatic rings. The summed E-state index contributed by atoms with van der Waals surface area (Å²) in [6.07, 6.45) is 5.27. The van der Waals surface area contributed by atoms with Gasteiger partial charge in [-0.15, -0.1) is 0 Å². The van der Waals surface area contributed by atoms with E-state index in [1.165, 1.54) is 5.56 Å². The van der Waals surface area contributed by atoms with Gasteiger partial charge in [-0.3, -0.25) is 9.69 Å². The van der Waals surface area contributed by atoms with Crippen molar-refractivity contribution in [2.75, 3.05) is 33.3 Å². The molecule has 0 N–H and O–H groups in total. The molecule has 1 unspecified atom stereocenters. The zero-order valence-corrected chi connectivity index (χ0v) is 20.4. The fourth-order valence-corrected chi connectivity index (χ4v) is 5.33. The van der Waals surface area contributed by atoms with E-state index in [0.717, 1.165) is 69.6 Å². The minimum Gasteiger partial charge on any atom is -0.497 e. The van der Waals surface area contributed by atoms with Gasteiger partial charge in [0.05, 0.1) is 19.6 Å². The second-order valence-electron chi connectivity index (χ2n) is 9.77. The summed E-state index contributed by atoms with van der Waals surface area (Å²) in [5.74, 6) is 3.00. The van der Waals surface area contributed by atoms with Crippen molar-refractivity contribution in [1.29, 1.82) is 0 Å². The number of rotatable bonds is 7. The number of benzene rings is 2. The highest BCUT2D eigenvalue weighted by molar-refractivity contribution is 5.79. The molecule has 1 amide bonds. The van der Waals surface area contributed by atoms with E-state index < -0.39 is 0 Å². The van der Waals surface area contributed by atoms with Gasteiger partial charge >= 0.3 is 0 Å². The van der Waals surface area contributed by atoms with Crippen molar-refractivity contribution in [3.63, 3.8) is 0 Å². The van der Waals surface area contributed by atoms with Crippen LogP contribution in [0, 0.1) is 11.8 Å². The molecule has 0 aliphatic carbocycles.